The van der Waals surface area contributed by atoms with Crippen molar-refractivity contribution < 1.29 is 19.2 Å². The van der Waals surface area contributed by atoms with Gasteiger partial charge in [-0.25, -0.2) is 4.39 Å². The molecule has 0 heterocycles. The Labute approximate surface area is 91.6 Å². The molecule has 0 spiro atoms. The Hall–Kier alpha value is -1.69. The first-order valence-electron chi connectivity index (χ1n) is 4.75. The number of halogens is 1. The zero-order chi connectivity index (χ0) is 12.1. The van der Waals surface area contributed by atoms with Crippen LogP contribution in [0.15, 0.2) is 18.2 Å². The Bertz CT molecular complexity index is 381. The van der Waals surface area contributed by atoms with Crippen LogP contribution < -0.4 is 4.74 Å². The van der Waals surface area contributed by atoms with E-state index in [1.165, 1.54) is 0 Å². The van der Waals surface area contributed by atoms with Crippen LogP contribution in [0.25, 0.3) is 0 Å². The van der Waals surface area contributed by atoms with E-state index in [1.54, 1.807) is 6.92 Å². The maximum atomic E-state index is 12.8. The van der Waals surface area contributed by atoms with Gasteiger partial charge in [-0.2, -0.15) is 0 Å². The zero-order valence-corrected chi connectivity index (χ0v) is 8.72. The van der Waals surface area contributed by atoms with Gasteiger partial charge in [-0.3, -0.25) is 10.1 Å². The first-order chi connectivity index (χ1) is 7.50. The minimum absolute atomic E-state index is 0.0992. The van der Waals surface area contributed by atoms with Gasteiger partial charge >= 0.3 is 5.69 Å². The molecule has 88 valence electrons. The van der Waals surface area contributed by atoms with Gasteiger partial charge in [-0.15, -0.1) is 0 Å². The summed E-state index contributed by atoms with van der Waals surface area (Å²) in [6, 6.07) is 3.01. The Morgan fingerprint density at radius 2 is 2.31 bits per heavy atom. The second kappa shape index (κ2) is 5.41. The number of ether oxygens (including phenoxy) is 1. The van der Waals surface area contributed by atoms with Crippen molar-refractivity contribution in [3.63, 3.8) is 0 Å². The second-order valence-electron chi connectivity index (χ2n) is 3.36. The van der Waals surface area contributed by atoms with Crippen molar-refractivity contribution in [2.24, 2.45) is 0 Å². The van der Waals surface area contributed by atoms with Gasteiger partial charge in [0.05, 0.1) is 17.6 Å². The Kier molecular flexibility index (Phi) is 4.19. The number of nitrogens with zero attached hydrogens (tertiary/aromatic N) is 1. The summed E-state index contributed by atoms with van der Waals surface area (Å²) in [7, 11) is 0. The van der Waals surface area contributed by atoms with E-state index in [4.69, 9.17) is 9.84 Å². The summed E-state index contributed by atoms with van der Waals surface area (Å²) >= 11 is 0. The van der Waals surface area contributed by atoms with Gasteiger partial charge < -0.3 is 9.84 Å². The summed E-state index contributed by atoms with van der Waals surface area (Å²) in [6.45, 7) is 1.67. The minimum atomic E-state index is -0.642. The highest BCUT2D eigenvalue weighted by atomic mass is 19.1. The molecule has 0 aromatic heterocycles. The number of aliphatic hydroxyl groups excluding tert-OH is 1. The summed E-state index contributed by atoms with van der Waals surface area (Å²) in [5, 5.41) is 19.6. The number of rotatable bonds is 5. The highest BCUT2D eigenvalue weighted by Gasteiger charge is 2.15. The molecule has 1 atom stereocenters. The molecule has 1 N–H and O–H groups in total. The van der Waals surface area contributed by atoms with E-state index in [2.05, 4.69) is 0 Å². The maximum Gasteiger partial charge on any atom is 0.311 e. The van der Waals surface area contributed by atoms with Crippen molar-refractivity contribution >= 4 is 5.69 Å². The lowest BCUT2D eigenvalue weighted by Crippen LogP contribution is -2.08. The SMILES string of the molecule is CC(O)CCOc1cc(F)ccc1[N+](=O)[O-]. The second-order valence-corrected chi connectivity index (χ2v) is 3.36. The Balaban J connectivity index is 2.76. The largest absolute Gasteiger partial charge is 0.487 e. The molecule has 0 aliphatic rings. The summed E-state index contributed by atoms with van der Waals surface area (Å²) in [5.41, 5.74) is -0.285. The highest BCUT2D eigenvalue weighted by Crippen LogP contribution is 2.27. The number of hydrogen-bond acceptors (Lipinski definition) is 4. The summed E-state index contributed by atoms with van der Waals surface area (Å²) in [4.78, 5) is 9.94. The lowest BCUT2D eigenvalue weighted by atomic mass is 10.3. The van der Waals surface area contributed by atoms with Crippen molar-refractivity contribution in [2.45, 2.75) is 19.4 Å². The van der Waals surface area contributed by atoms with Crippen molar-refractivity contribution in [2.75, 3.05) is 6.61 Å². The van der Waals surface area contributed by atoms with E-state index >= 15 is 0 Å². The molecule has 1 unspecified atom stereocenters. The normalized spacial score (nSPS) is 12.2. The van der Waals surface area contributed by atoms with Crippen LogP contribution >= 0.6 is 0 Å². The monoisotopic (exact) mass is 229 g/mol. The van der Waals surface area contributed by atoms with Crippen molar-refractivity contribution in [1.82, 2.24) is 0 Å². The molecule has 0 aliphatic heterocycles. The van der Waals surface area contributed by atoms with Crippen molar-refractivity contribution in [3.8, 4) is 5.75 Å². The third-order valence-electron chi connectivity index (χ3n) is 1.91. The van der Waals surface area contributed by atoms with Crippen LogP contribution in [0.1, 0.15) is 13.3 Å². The topological polar surface area (TPSA) is 72.6 Å². The lowest BCUT2D eigenvalue weighted by Gasteiger charge is -2.07. The van der Waals surface area contributed by atoms with Crippen LogP contribution in [-0.2, 0) is 0 Å². The predicted octanol–water partition coefficient (Wildman–Crippen LogP) is 1.88. The fraction of sp³-hybridized carbons (Fsp3) is 0.400. The highest BCUT2D eigenvalue weighted by molar-refractivity contribution is 5.46. The zero-order valence-electron chi connectivity index (χ0n) is 8.72. The van der Waals surface area contributed by atoms with Gasteiger partial charge in [-0.1, -0.05) is 0 Å². The molecule has 16 heavy (non-hydrogen) atoms. The first-order valence-corrected chi connectivity index (χ1v) is 4.75. The van der Waals surface area contributed by atoms with Gasteiger partial charge in [0.1, 0.15) is 5.82 Å². The molecule has 0 bridgehead atoms. The van der Waals surface area contributed by atoms with Gasteiger partial charge in [-0.05, 0) is 13.0 Å². The summed E-state index contributed by atoms with van der Waals surface area (Å²) in [6.07, 6.45) is -0.235. The van der Waals surface area contributed by atoms with E-state index < -0.39 is 16.8 Å². The minimum Gasteiger partial charge on any atom is -0.487 e. The number of aliphatic hydroxyl groups is 1. The number of benzene rings is 1. The maximum absolute atomic E-state index is 12.8. The van der Waals surface area contributed by atoms with E-state index in [0.717, 1.165) is 18.2 Å². The van der Waals surface area contributed by atoms with Crippen molar-refractivity contribution in [3.05, 3.63) is 34.1 Å². The average Bonchev–Trinajstić information content (AvgIpc) is 2.16. The van der Waals surface area contributed by atoms with E-state index in [1.807, 2.05) is 0 Å². The van der Waals surface area contributed by atoms with Gasteiger partial charge in [0, 0.05) is 18.6 Å². The van der Waals surface area contributed by atoms with Crippen LogP contribution in [0.2, 0.25) is 0 Å². The molecular formula is C10H12FNO4. The molecule has 0 fully saturated rings. The third-order valence-corrected chi connectivity index (χ3v) is 1.91. The van der Waals surface area contributed by atoms with Crippen LogP contribution in [0.3, 0.4) is 0 Å². The fourth-order valence-electron chi connectivity index (χ4n) is 1.09. The third kappa shape index (κ3) is 3.47. The average molecular weight is 229 g/mol. The molecule has 1 aromatic carbocycles. The Morgan fingerprint density at radius 3 is 2.88 bits per heavy atom. The van der Waals surface area contributed by atoms with Gasteiger partial charge in [0.2, 0.25) is 0 Å². The first kappa shape index (κ1) is 12.4. The fourth-order valence-corrected chi connectivity index (χ4v) is 1.09. The van der Waals surface area contributed by atoms with Gasteiger partial charge in [0.25, 0.3) is 0 Å². The molecule has 5 nitrogen and oxygen atoms in total. The molecule has 0 saturated carbocycles. The standard InChI is InChI=1S/C10H12FNO4/c1-7(13)4-5-16-10-6-8(11)2-3-9(10)12(14)15/h2-3,6-7,13H,4-5H2,1H3. The van der Waals surface area contributed by atoms with E-state index in [9.17, 15) is 14.5 Å². The number of nitro groups is 1. The number of hydrogen-bond donors (Lipinski definition) is 1. The molecule has 1 rings (SSSR count). The molecule has 0 saturated heterocycles. The van der Waals surface area contributed by atoms with Crippen LogP contribution in [-0.4, -0.2) is 22.7 Å². The quantitative estimate of drug-likeness (QED) is 0.618. The van der Waals surface area contributed by atoms with E-state index in [0.29, 0.717) is 6.42 Å². The molecule has 6 heteroatoms. The molecule has 0 aliphatic carbocycles. The smallest absolute Gasteiger partial charge is 0.311 e. The van der Waals surface area contributed by atoms with Crippen LogP contribution in [0.5, 0.6) is 5.75 Å². The lowest BCUT2D eigenvalue weighted by molar-refractivity contribution is -0.385. The van der Waals surface area contributed by atoms with Gasteiger partial charge in [0.15, 0.2) is 5.75 Å². The Morgan fingerprint density at radius 1 is 1.62 bits per heavy atom. The molecule has 0 radical (unpaired) electrons. The predicted molar refractivity (Wildman–Crippen MR) is 54.8 cm³/mol. The van der Waals surface area contributed by atoms with E-state index in [-0.39, 0.29) is 18.0 Å². The molecular weight excluding hydrogens is 217 g/mol. The molecule has 0 amide bonds. The van der Waals surface area contributed by atoms with Crippen LogP contribution in [0.4, 0.5) is 10.1 Å². The van der Waals surface area contributed by atoms with Crippen molar-refractivity contribution in [1.29, 1.82) is 0 Å². The summed E-state index contributed by atoms with van der Waals surface area (Å²) in [5.74, 6) is -0.719. The summed E-state index contributed by atoms with van der Waals surface area (Å²) < 4.78 is 17.9. The number of nitro benzene ring substituents is 1. The molecule has 1 aromatic rings. The van der Waals surface area contributed by atoms with Crippen LogP contribution in [0, 0.1) is 15.9 Å².